The molecule has 0 fully saturated rings. The predicted octanol–water partition coefficient (Wildman–Crippen LogP) is 3.43. The van der Waals surface area contributed by atoms with Crippen LogP contribution in [0, 0.1) is 0 Å². The van der Waals surface area contributed by atoms with E-state index in [1.54, 1.807) is 29.7 Å². The summed E-state index contributed by atoms with van der Waals surface area (Å²) in [6.07, 6.45) is 7.76. The monoisotopic (exact) mass is 360 g/mol. The van der Waals surface area contributed by atoms with Gasteiger partial charge in [0.25, 0.3) is 5.91 Å². The molecule has 0 N–H and O–H groups in total. The molecule has 2 heterocycles. The number of pyridine rings is 2. The minimum atomic E-state index is -0.0217. The number of benzene rings is 1. The van der Waals surface area contributed by atoms with Crippen molar-refractivity contribution >= 4 is 11.6 Å². The Balaban J connectivity index is 1.64. The van der Waals surface area contributed by atoms with Crippen molar-refractivity contribution in [3.05, 3.63) is 90.0 Å². The van der Waals surface area contributed by atoms with Gasteiger partial charge in [-0.15, -0.1) is 0 Å². The van der Waals surface area contributed by atoms with E-state index < -0.39 is 0 Å². The van der Waals surface area contributed by atoms with Gasteiger partial charge in [0.2, 0.25) is 0 Å². The van der Waals surface area contributed by atoms with Crippen LogP contribution >= 0.6 is 0 Å². The highest BCUT2D eigenvalue weighted by Crippen LogP contribution is 2.17. The van der Waals surface area contributed by atoms with Gasteiger partial charge < -0.3 is 9.80 Å². The van der Waals surface area contributed by atoms with E-state index in [0.717, 1.165) is 18.7 Å². The van der Waals surface area contributed by atoms with Crippen LogP contribution in [-0.4, -0.2) is 41.4 Å². The summed E-state index contributed by atoms with van der Waals surface area (Å²) in [7, 11) is 3.83. The molecule has 0 atom stereocenters. The Bertz CT molecular complexity index is 868. The molecule has 0 aliphatic heterocycles. The van der Waals surface area contributed by atoms with Crippen molar-refractivity contribution in [3.8, 4) is 0 Å². The number of carbonyl (C=O) groups excluding carboxylic acids is 1. The summed E-state index contributed by atoms with van der Waals surface area (Å²) < 4.78 is 0. The number of hydrogen-bond acceptors (Lipinski definition) is 4. The Labute approximate surface area is 160 Å². The SMILES string of the molecule is CN(CCc1ccncc1)C(=O)c1cncc(N(C)Cc2ccccc2)c1. The van der Waals surface area contributed by atoms with Gasteiger partial charge in [0, 0.05) is 45.8 Å². The summed E-state index contributed by atoms with van der Waals surface area (Å²) in [6.45, 7) is 1.41. The van der Waals surface area contributed by atoms with E-state index in [-0.39, 0.29) is 5.91 Å². The van der Waals surface area contributed by atoms with Crippen LogP contribution in [0.5, 0.6) is 0 Å². The molecule has 0 radical (unpaired) electrons. The minimum Gasteiger partial charge on any atom is -0.369 e. The van der Waals surface area contributed by atoms with Gasteiger partial charge in [0.15, 0.2) is 0 Å². The largest absolute Gasteiger partial charge is 0.369 e. The van der Waals surface area contributed by atoms with Crippen LogP contribution in [-0.2, 0) is 13.0 Å². The topological polar surface area (TPSA) is 49.3 Å². The summed E-state index contributed by atoms with van der Waals surface area (Å²) >= 11 is 0. The maximum atomic E-state index is 12.8. The Kier molecular flexibility index (Phi) is 6.15. The molecule has 0 bridgehead atoms. The van der Waals surface area contributed by atoms with Crippen LogP contribution in [0.2, 0.25) is 0 Å². The zero-order valence-electron chi connectivity index (χ0n) is 15.7. The first kappa shape index (κ1) is 18.6. The fourth-order valence-corrected chi connectivity index (χ4v) is 2.87. The second-order valence-electron chi connectivity index (χ2n) is 6.61. The highest BCUT2D eigenvalue weighted by atomic mass is 16.2. The Morgan fingerprint density at radius 1 is 0.926 bits per heavy atom. The maximum absolute atomic E-state index is 12.8. The number of carbonyl (C=O) groups is 1. The molecule has 1 amide bonds. The number of nitrogens with zero attached hydrogens (tertiary/aromatic N) is 4. The summed E-state index contributed by atoms with van der Waals surface area (Å²) in [6, 6.07) is 16.1. The average molecular weight is 360 g/mol. The van der Waals surface area contributed by atoms with Crippen LogP contribution in [0.25, 0.3) is 0 Å². The summed E-state index contributed by atoms with van der Waals surface area (Å²) in [5.74, 6) is -0.0217. The Morgan fingerprint density at radius 2 is 1.67 bits per heavy atom. The van der Waals surface area contributed by atoms with Crippen LogP contribution in [0.3, 0.4) is 0 Å². The average Bonchev–Trinajstić information content (AvgIpc) is 2.73. The molecule has 1 aromatic carbocycles. The van der Waals surface area contributed by atoms with Crippen LogP contribution in [0.4, 0.5) is 5.69 Å². The number of aromatic nitrogens is 2. The lowest BCUT2D eigenvalue weighted by molar-refractivity contribution is 0.0796. The van der Waals surface area contributed by atoms with E-state index in [1.165, 1.54) is 11.1 Å². The Hall–Kier alpha value is -3.21. The van der Waals surface area contributed by atoms with Crippen molar-refractivity contribution in [1.29, 1.82) is 0 Å². The molecule has 0 unspecified atom stereocenters. The normalized spacial score (nSPS) is 10.4. The number of hydrogen-bond donors (Lipinski definition) is 0. The van der Waals surface area contributed by atoms with E-state index >= 15 is 0 Å². The molecule has 138 valence electrons. The van der Waals surface area contributed by atoms with Crippen molar-refractivity contribution in [1.82, 2.24) is 14.9 Å². The minimum absolute atomic E-state index is 0.0217. The molecule has 3 rings (SSSR count). The smallest absolute Gasteiger partial charge is 0.255 e. The Morgan fingerprint density at radius 3 is 2.41 bits per heavy atom. The van der Waals surface area contributed by atoms with E-state index in [0.29, 0.717) is 12.1 Å². The predicted molar refractivity (Wildman–Crippen MR) is 108 cm³/mol. The number of rotatable bonds is 7. The van der Waals surface area contributed by atoms with Gasteiger partial charge in [-0.25, -0.2) is 0 Å². The fraction of sp³-hybridized carbons (Fsp3) is 0.227. The second kappa shape index (κ2) is 8.94. The summed E-state index contributed by atoms with van der Waals surface area (Å²) in [5.41, 5.74) is 3.90. The molecule has 5 heteroatoms. The summed E-state index contributed by atoms with van der Waals surface area (Å²) in [4.78, 5) is 24.9. The maximum Gasteiger partial charge on any atom is 0.255 e. The van der Waals surface area contributed by atoms with Crippen molar-refractivity contribution in [2.75, 3.05) is 25.5 Å². The molecule has 0 spiro atoms. The zero-order valence-corrected chi connectivity index (χ0v) is 15.7. The number of anilines is 1. The van der Waals surface area contributed by atoms with Gasteiger partial charge in [-0.2, -0.15) is 0 Å². The van der Waals surface area contributed by atoms with Gasteiger partial charge in [-0.3, -0.25) is 14.8 Å². The fourth-order valence-electron chi connectivity index (χ4n) is 2.87. The first-order chi connectivity index (χ1) is 13.1. The molecular weight excluding hydrogens is 336 g/mol. The van der Waals surface area contributed by atoms with Crippen LogP contribution in [0.15, 0.2) is 73.3 Å². The molecule has 27 heavy (non-hydrogen) atoms. The second-order valence-corrected chi connectivity index (χ2v) is 6.61. The molecule has 2 aromatic heterocycles. The molecule has 0 aliphatic rings. The van der Waals surface area contributed by atoms with E-state index in [2.05, 4.69) is 27.0 Å². The van der Waals surface area contributed by atoms with Crippen molar-refractivity contribution in [2.45, 2.75) is 13.0 Å². The lowest BCUT2D eigenvalue weighted by atomic mass is 10.1. The lowest BCUT2D eigenvalue weighted by Crippen LogP contribution is -2.29. The number of amides is 1. The highest BCUT2D eigenvalue weighted by Gasteiger charge is 2.14. The van der Waals surface area contributed by atoms with E-state index in [4.69, 9.17) is 0 Å². The molecule has 0 saturated carbocycles. The molecular formula is C22H24N4O. The van der Waals surface area contributed by atoms with Crippen LogP contribution in [0.1, 0.15) is 21.5 Å². The molecule has 5 nitrogen and oxygen atoms in total. The van der Waals surface area contributed by atoms with Gasteiger partial charge in [-0.1, -0.05) is 30.3 Å². The van der Waals surface area contributed by atoms with Crippen LogP contribution < -0.4 is 4.90 Å². The molecule has 3 aromatic rings. The third kappa shape index (κ3) is 5.14. The van der Waals surface area contributed by atoms with Gasteiger partial charge >= 0.3 is 0 Å². The first-order valence-electron chi connectivity index (χ1n) is 8.98. The van der Waals surface area contributed by atoms with Gasteiger partial charge in [0.05, 0.1) is 17.4 Å². The molecule has 0 saturated heterocycles. The first-order valence-corrected chi connectivity index (χ1v) is 8.98. The van der Waals surface area contributed by atoms with Crippen molar-refractivity contribution in [2.24, 2.45) is 0 Å². The van der Waals surface area contributed by atoms with Gasteiger partial charge in [-0.05, 0) is 35.7 Å². The van der Waals surface area contributed by atoms with E-state index in [1.807, 2.05) is 50.5 Å². The summed E-state index contributed by atoms with van der Waals surface area (Å²) in [5, 5.41) is 0. The lowest BCUT2D eigenvalue weighted by Gasteiger charge is -2.21. The molecule has 0 aliphatic carbocycles. The zero-order chi connectivity index (χ0) is 19.1. The quantitative estimate of drug-likeness (QED) is 0.648. The standard InChI is InChI=1S/C22H24N4O/c1-25(13-10-18-8-11-23-12-9-18)22(27)20-14-21(16-24-15-20)26(2)17-19-6-4-3-5-7-19/h3-9,11-12,14-16H,10,13,17H2,1-2H3. The van der Waals surface area contributed by atoms with E-state index in [9.17, 15) is 4.79 Å². The van der Waals surface area contributed by atoms with Crippen molar-refractivity contribution < 1.29 is 4.79 Å². The third-order valence-corrected chi connectivity index (χ3v) is 4.51. The highest BCUT2D eigenvalue weighted by molar-refractivity contribution is 5.94. The number of likely N-dealkylation sites (N-methyl/N-ethyl adjacent to an activating group) is 1. The van der Waals surface area contributed by atoms with Gasteiger partial charge in [0.1, 0.15) is 0 Å². The van der Waals surface area contributed by atoms with Crippen molar-refractivity contribution in [3.63, 3.8) is 0 Å². The third-order valence-electron chi connectivity index (χ3n) is 4.51.